The van der Waals surface area contributed by atoms with Crippen LogP contribution < -0.4 is 9.64 Å². The topological polar surface area (TPSA) is 51.3 Å². The third-order valence-electron chi connectivity index (χ3n) is 5.16. The van der Waals surface area contributed by atoms with E-state index in [9.17, 15) is 4.79 Å². The summed E-state index contributed by atoms with van der Waals surface area (Å²) in [5.74, 6) is 0.780. The summed E-state index contributed by atoms with van der Waals surface area (Å²) in [5.41, 5.74) is 3.55. The van der Waals surface area contributed by atoms with Gasteiger partial charge in [0.2, 0.25) is 0 Å². The number of nitrogens with zero attached hydrogens (tertiary/aromatic N) is 1. The number of benzene rings is 2. The number of carbonyl (C=O) groups is 1. The Morgan fingerprint density at radius 1 is 1.23 bits per heavy atom. The van der Waals surface area contributed by atoms with Crippen LogP contribution in [0, 0.1) is 13.8 Å². The van der Waals surface area contributed by atoms with Gasteiger partial charge in [-0.1, -0.05) is 30.3 Å². The number of thiophene rings is 1. The molecule has 1 amide bonds. The molecule has 31 heavy (non-hydrogen) atoms. The second-order valence-electron chi connectivity index (χ2n) is 8.96. The Bertz CT molecular complexity index is 1080. The Kier molecular flexibility index (Phi) is 5.95. The molecule has 164 valence electrons. The van der Waals surface area contributed by atoms with Crippen molar-refractivity contribution in [1.29, 1.82) is 0 Å². The van der Waals surface area contributed by atoms with Crippen LogP contribution in [0.4, 0.5) is 10.5 Å². The van der Waals surface area contributed by atoms with Crippen molar-refractivity contribution in [3.63, 3.8) is 0 Å². The average Bonchev–Trinajstić information content (AvgIpc) is 3.45. The van der Waals surface area contributed by atoms with Crippen molar-refractivity contribution in [3.05, 3.63) is 58.5 Å². The molecule has 1 aliphatic rings. The molecule has 3 aromatic rings. The molecule has 0 unspecified atom stereocenters. The first-order chi connectivity index (χ1) is 14.7. The van der Waals surface area contributed by atoms with Crippen molar-refractivity contribution in [3.8, 4) is 5.75 Å². The van der Waals surface area contributed by atoms with Gasteiger partial charge < -0.3 is 14.2 Å². The first-order valence-corrected chi connectivity index (χ1v) is 11.4. The molecule has 2 heterocycles. The minimum atomic E-state index is -0.581. The second-order valence-corrected chi connectivity index (χ2v) is 9.84. The number of rotatable bonds is 6. The van der Waals surface area contributed by atoms with Gasteiger partial charge in [0.1, 0.15) is 18.0 Å². The van der Waals surface area contributed by atoms with Crippen LogP contribution in [0.1, 0.15) is 37.5 Å². The minimum absolute atomic E-state index is 0.0416. The first kappa shape index (κ1) is 21.7. The van der Waals surface area contributed by atoms with Crippen LogP contribution in [0.5, 0.6) is 5.75 Å². The van der Waals surface area contributed by atoms with Gasteiger partial charge in [-0.2, -0.15) is 0 Å². The standard InChI is InChI=1S/C25H29NO4S/c1-16-15-31-23-21(29-13-18-9-7-6-8-10-18)11-20(17(2)22(16)23)26(12-19-14-28-19)24(27)30-25(3,4)5/h6-11,15,19H,12-14H2,1-5H3/t19-/m0/s1. The molecule has 0 saturated carbocycles. The molecule has 1 atom stereocenters. The van der Waals surface area contributed by atoms with Crippen LogP contribution in [-0.2, 0) is 16.1 Å². The van der Waals surface area contributed by atoms with Crippen LogP contribution >= 0.6 is 11.3 Å². The summed E-state index contributed by atoms with van der Waals surface area (Å²) in [7, 11) is 0. The maximum atomic E-state index is 13.1. The van der Waals surface area contributed by atoms with Crippen molar-refractivity contribution in [2.24, 2.45) is 0 Å². The molecule has 4 rings (SSSR count). The van der Waals surface area contributed by atoms with Gasteiger partial charge in [0, 0.05) is 11.5 Å². The normalized spacial score (nSPS) is 15.7. The monoisotopic (exact) mass is 439 g/mol. The fraction of sp³-hybridized carbons (Fsp3) is 0.400. The number of hydrogen-bond acceptors (Lipinski definition) is 5. The lowest BCUT2D eigenvalue weighted by Crippen LogP contribution is -2.39. The molecule has 1 saturated heterocycles. The molecule has 0 bridgehead atoms. The Balaban J connectivity index is 1.74. The van der Waals surface area contributed by atoms with Crippen LogP contribution in [0.25, 0.3) is 10.1 Å². The van der Waals surface area contributed by atoms with Gasteiger partial charge in [-0.15, -0.1) is 11.3 Å². The highest BCUT2D eigenvalue weighted by Gasteiger charge is 2.33. The summed E-state index contributed by atoms with van der Waals surface area (Å²) in [6.07, 6.45) is -0.327. The van der Waals surface area contributed by atoms with Gasteiger partial charge in [-0.25, -0.2) is 4.79 Å². The van der Waals surface area contributed by atoms with E-state index in [2.05, 4.69) is 19.2 Å². The van der Waals surface area contributed by atoms with Gasteiger partial charge in [0.05, 0.1) is 29.6 Å². The van der Waals surface area contributed by atoms with E-state index in [4.69, 9.17) is 14.2 Å². The van der Waals surface area contributed by atoms with E-state index in [0.29, 0.717) is 19.8 Å². The molecule has 2 aromatic carbocycles. The molecule has 0 N–H and O–H groups in total. The Labute approximate surface area is 187 Å². The van der Waals surface area contributed by atoms with Crippen LogP contribution in [0.2, 0.25) is 0 Å². The van der Waals surface area contributed by atoms with Crippen LogP contribution in [0.3, 0.4) is 0 Å². The molecule has 1 aromatic heterocycles. The summed E-state index contributed by atoms with van der Waals surface area (Å²) in [5, 5.41) is 3.27. The maximum absolute atomic E-state index is 13.1. The fourth-order valence-corrected chi connectivity index (χ4v) is 4.68. The van der Waals surface area contributed by atoms with Crippen molar-refractivity contribution in [2.45, 2.75) is 52.9 Å². The predicted molar refractivity (Wildman–Crippen MR) is 125 cm³/mol. The third kappa shape index (κ3) is 5.02. The number of hydrogen-bond donors (Lipinski definition) is 0. The number of carbonyl (C=O) groups excluding carboxylic acids is 1. The number of anilines is 1. The highest BCUT2D eigenvalue weighted by Crippen LogP contribution is 2.42. The van der Waals surface area contributed by atoms with Crippen molar-refractivity contribution in [1.82, 2.24) is 0 Å². The Hall–Kier alpha value is -2.57. The molecule has 1 fully saturated rings. The number of amides is 1. The highest BCUT2D eigenvalue weighted by molar-refractivity contribution is 7.17. The van der Waals surface area contributed by atoms with E-state index in [1.165, 1.54) is 5.56 Å². The second kappa shape index (κ2) is 8.52. The van der Waals surface area contributed by atoms with Gasteiger partial charge >= 0.3 is 6.09 Å². The lowest BCUT2D eigenvalue weighted by Gasteiger charge is -2.29. The highest BCUT2D eigenvalue weighted by atomic mass is 32.1. The van der Waals surface area contributed by atoms with Crippen molar-refractivity contribution >= 4 is 33.2 Å². The minimum Gasteiger partial charge on any atom is -0.487 e. The average molecular weight is 440 g/mol. The number of epoxide rings is 1. The summed E-state index contributed by atoms with van der Waals surface area (Å²) >= 11 is 1.67. The van der Waals surface area contributed by atoms with Crippen molar-refractivity contribution < 1.29 is 19.0 Å². The summed E-state index contributed by atoms with van der Waals surface area (Å²) < 4.78 is 18.5. The fourth-order valence-electron chi connectivity index (χ4n) is 3.61. The predicted octanol–water partition coefficient (Wildman–Crippen LogP) is 6.24. The number of aryl methyl sites for hydroxylation is 2. The third-order valence-corrected chi connectivity index (χ3v) is 6.27. The SMILES string of the molecule is Cc1csc2c(OCc3ccccc3)cc(N(C[C@H]3CO3)C(=O)OC(C)(C)C)c(C)c12. The van der Waals surface area contributed by atoms with E-state index in [1.54, 1.807) is 16.2 Å². The summed E-state index contributed by atoms with van der Waals surface area (Å²) in [6, 6.07) is 12.1. The van der Waals surface area contributed by atoms with E-state index in [1.807, 2.05) is 57.2 Å². The Morgan fingerprint density at radius 2 is 1.94 bits per heavy atom. The van der Waals surface area contributed by atoms with Crippen LogP contribution in [0.15, 0.2) is 41.8 Å². The zero-order chi connectivity index (χ0) is 22.2. The quantitative estimate of drug-likeness (QED) is 0.427. The molecule has 6 heteroatoms. The zero-order valence-corrected chi connectivity index (χ0v) is 19.5. The molecule has 0 radical (unpaired) electrons. The van der Waals surface area contributed by atoms with E-state index in [-0.39, 0.29) is 12.2 Å². The number of fused-ring (bicyclic) bond motifs is 1. The van der Waals surface area contributed by atoms with Crippen molar-refractivity contribution in [2.75, 3.05) is 18.1 Å². The lowest BCUT2D eigenvalue weighted by molar-refractivity contribution is 0.0577. The van der Waals surface area contributed by atoms with Gasteiger partial charge in [0.15, 0.2) is 0 Å². The molecule has 0 spiro atoms. The maximum Gasteiger partial charge on any atom is 0.414 e. The lowest BCUT2D eigenvalue weighted by atomic mass is 10.0. The molecule has 1 aliphatic heterocycles. The molecular formula is C25H29NO4S. The smallest absolute Gasteiger partial charge is 0.414 e. The largest absolute Gasteiger partial charge is 0.487 e. The van der Waals surface area contributed by atoms with Crippen LogP contribution in [-0.4, -0.2) is 30.9 Å². The number of ether oxygens (including phenoxy) is 3. The zero-order valence-electron chi connectivity index (χ0n) is 18.7. The van der Waals surface area contributed by atoms with E-state index in [0.717, 1.165) is 32.6 Å². The Morgan fingerprint density at radius 3 is 2.58 bits per heavy atom. The molecule has 0 aliphatic carbocycles. The summed E-state index contributed by atoms with van der Waals surface area (Å²) in [6.45, 7) is 11.4. The van der Waals surface area contributed by atoms with Gasteiger partial charge in [-0.3, -0.25) is 4.90 Å². The first-order valence-electron chi connectivity index (χ1n) is 10.5. The molecule has 5 nitrogen and oxygen atoms in total. The van der Waals surface area contributed by atoms with Gasteiger partial charge in [-0.05, 0) is 56.7 Å². The van der Waals surface area contributed by atoms with E-state index < -0.39 is 5.60 Å². The summed E-state index contributed by atoms with van der Waals surface area (Å²) in [4.78, 5) is 14.8. The van der Waals surface area contributed by atoms with E-state index >= 15 is 0 Å². The molecular weight excluding hydrogens is 410 g/mol. The van der Waals surface area contributed by atoms with Gasteiger partial charge in [0.25, 0.3) is 0 Å².